The average Bonchev–Trinajstić information content (AvgIpc) is 2.95. The van der Waals surface area contributed by atoms with Gasteiger partial charge in [0.25, 0.3) is 0 Å². The van der Waals surface area contributed by atoms with Gasteiger partial charge in [-0.2, -0.15) is 5.26 Å². The van der Waals surface area contributed by atoms with Gasteiger partial charge in [0.2, 0.25) is 0 Å². The molecule has 0 aromatic carbocycles. The van der Waals surface area contributed by atoms with Crippen LogP contribution in [0.3, 0.4) is 0 Å². The molecule has 27 heavy (non-hydrogen) atoms. The lowest BCUT2D eigenvalue weighted by Crippen LogP contribution is -2.60. The van der Waals surface area contributed by atoms with Gasteiger partial charge in [0, 0.05) is 11.3 Å². The first-order valence-corrected chi connectivity index (χ1v) is 11.0. The molecule has 0 aromatic heterocycles. The Morgan fingerprint density at radius 1 is 1.00 bits per heavy atom. The fraction of sp³-hybridized carbons (Fsp3) is 0.875. The van der Waals surface area contributed by atoms with Crippen molar-refractivity contribution in [1.82, 2.24) is 0 Å². The number of hydrogen-bond acceptors (Lipinski definition) is 3. The largest absolute Gasteiger partial charge is 0.300 e. The molecule has 148 valence electrons. The summed E-state index contributed by atoms with van der Waals surface area (Å²) in [4.78, 5) is 25.2. The number of Topliss-reactive ketones (excluding diaryl/α,β-unsaturated/α-hetero) is 2. The SMILES string of the molecule is CC(=O)[C@H]1CC[C@H]2[C@@H]3CCC4C(C)(C)C(=O)C(C#N)C[C@]4(C)[C@H]3CC[C@]12C. The molecule has 2 unspecified atom stereocenters. The third kappa shape index (κ3) is 2.37. The highest BCUT2D eigenvalue weighted by atomic mass is 16.1. The first-order valence-electron chi connectivity index (χ1n) is 11.0. The maximum absolute atomic E-state index is 12.9. The Morgan fingerprint density at radius 3 is 2.30 bits per heavy atom. The molecule has 0 spiro atoms. The van der Waals surface area contributed by atoms with E-state index < -0.39 is 11.3 Å². The summed E-state index contributed by atoms with van der Waals surface area (Å²) in [6.45, 7) is 10.8. The van der Waals surface area contributed by atoms with Gasteiger partial charge in [0.1, 0.15) is 11.7 Å². The Kier molecular flexibility index (Phi) is 4.20. The van der Waals surface area contributed by atoms with Gasteiger partial charge < -0.3 is 0 Å². The number of fused-ring (bicyclic) bond motifs is 5. The van der Waals surface area contributed by atoms with Crippen LogP contribution in [-0.4, -0.2) is 11.6 Å². The second kappa shape index (κ2) is 5.91. The number of carbonyl (C=O) groups is 2. The average molecular weight is 370 g/mol. The van der Waals surface area contributed by atoms with Crippen molar-refractivity contribution >= 4 is 11.6 Å². The zero-order chi connectivity index (χ0) is 19.8. The molecule has 0 amide bonds. The third-order valence-corrected chi connectivity index (χ3v) is 9.98. The maximum atomic E-state index is 12.9. The minimum Gasteiger partial charge on any atom is -0.300 e. The van der Waals surface area contributed by atoms with E-state index in [-0.39, 0.29) is 22.5 Å². The molecule has 3 nitrogen and oxygen atoms in total. The zero-order valence-corrected chi connectivity index (χ0v) is 17.7. The Balaban J connectivity index is 1.70. The molecule has 3 heteroatoms. The molecule has 0 radical (unpaired) electrons. The van der Waals surface area contributed by atoms with Crippen LogP contribution in [0.1, 0.15) is 79.6 Å². The van der Waals surface area contributed by atoms with Crippen molar-refractivity contribution in [2.75, 3.05) is 0 Å². The summed E-state index contributed by atoms with van der Waals surface area (Å²) >= 11 is 0. The fourth-order valence-corrected chi connectivity index (χ4v) is 8.86. The quantitative estimate of drug-likeness (QED) is 0.639. The van der Waals surface area contributed by atoms with E-state index in [0.717, 1.165) is 32.1 Å². The summed E-state index contributed by atoms with van der Waals surface area (Å²) in [6, 6.07) is 2.34. The van der Waals surface area contributed by atoms with Gasteiger partial charge in [0.05, 0.1) is 6.07 Å². The summed E-state index contributed by atoms with van der Waals surface area (Å²) in [5.74, 6) is 2.64. The van der Waals surface area contributed by atoms with Crippen molar-refractivity contribution in [2.24, 2.45) is 51.8 Å². The Morgan fingerprint density at radius 2 is 1.67 bits per heavy atom. The highest BCUT2D eigenvalue weighted by Crippen LogP contribution is 2.69. The van der Waals surface area contributed by atoms with E-state index in [0.29, 0.717) is 29.5 Å². The number of carbonyl (C=O) groups excluding carboxylic acids is 2. The van der Waals surface area contributed by atoms with E-state index in [2.05, 4.69) is 33.8 Å². The number of ketones is 2. The molecule has 0 bridgehead atoms. The van der Waals surface area contributed by atoms with Crippen molar-refractivity contribution < 1.29 is 9.59 Å². The number of rotatable bonds is 1. The lowest BCUT2D eigenvalue weighted by atomic mass is 9.40. The molecular weight excluding hydrogens is 334 g/mol. The second-order valence-corrected chi connectivity index (χ2v) is 11.3. The van der Waals surface area contributed by atoms with E-state index >= 15 is 0 Å². The van der Waals surface area contributed by atoms with Gasteiger partial charge in [-0.05, 0) is 86.4 Å². The molecular formula is C24H35NO2. The van der Waals surface area contributed by atoms with Gasteiger partial charge in [-0.3, -0.25) is 9.59 Å². The first-order chi connectivity index (χ1) is 12.6. The lowest BCUT2D eigenvalue weighted by Gasteiger charge is -2.63. The Labute approximate surface area is 164 Å². The minimum absolute atomic E-state index is 0.0797. The van der Waals surface area contributed by atoms with E-state index in [1.54, 1.807) is 6.92 Å². The predicted molar refractivity (Wildman–Crippen MR) is 105 cm³/mol. The van der Waals surface area contributed by atoms with Gasteiger partial charge in [-0.1, -0.05) is 27.7 Å². The van der Waals surface area contributed by atoms with Gasteiger partial charge >= 0.3 is 0 Å². The molecule has 0 heterocycles. The van der Waals surface area contributed by atoms with Crippen molar-refractivity contribution in [3.63, 3.8) is 0 Å². The van der Waals surface area contributed by atoms with Crippen LogP contribution >= 0.6 is 0 Å². The van der Waals surface area contributed by atoms with Crippen molar-refractivity contribution in [2.45, 2.75) is 79.6 Å². The van der Waals surface area contributed by atoms with Crippen molar-refractivity contribution in [3.8, 4) is 6.07 Å². The second-order valence-electron chi connectivity index (χ2n) is 11.3. The molecule has 4 aliphatic carbocycles. The summed E-state index contributed by atoms with van der Waals surface area (Å²) in [6.07, 6.45) is 7.60. The molecule has 4 aliphatic rings. The zero-order valence-electron chi connectivity index (χ0n) is 17.7. The van der Waals surface area contributed by atoms with Crippen LogP contribution in [0.5, 0.6) is 0 Å². The van der Waals surface area contributed by atoms with Crippen LogP contribution in [-0.2, 0) is 9.59 Å². The van der Waals surface area contributed by atoms with Crippen molar-refractivity contribution in [1.29, 1.82) is 5.26 Å². The predicted octanol–water partition coefficient (Wildman–Crippen LogP) is 5.19. The summed E-state index contributed by atoms with van der Waals surface area (Å²) in [5.41, 5.74) is -0.141. The van der Waals surface area contributed by atoms with E-state index in [1.165, 1.54) is 12.8 Å². The smallest absolute Gasteiger partial charge is 0.155 e. The number of hydrogen-bond donors (Lipinski definition) is 0. The summed E-state index contributed by atoms with van der Waals surface area (Å²) in [5, 5.41) is 9.67. The molecule has 8 atom stereocenters. The molecule has 4 saturated carbocycles. The normalized spacial score (nSPS) is 50.9. The number of nitriles is 1. The van der Waals surface area contributed by atoms with Gasteiger partial charge in [0.15, 0.2) is 5.78 Å². The van der Waals surface area contributed by atoms with Crippen LogP contribution < -0.4 is 0 Å². The Hall–Kier alpha value is -1.17. The number of nitrogens with zero attached hydrogens (tertiary/aromatic N) is 1. The molecule has 0 aromatic rings. The van der Waals surface area contributed by atoms with Crippen LogP contribution in [0.4, 0.5) is 0 Å². The molecule has 0 N–H and O–H groups in total. The highest BCUT2D eigenvalue weighted by Gasteiger charge is 2.65. The van der Waals surface area contributed by atoms with Gasteiger partial charge in [-0.25, -0.2) is 0 Å². The molecule has 0 aliphatic heterocycles. The minimum atomic E-state index is -0.443. The van der Waals surface area contributed by atoms with E-state index in [9.17, 15) is 14.9 Å². The fourth-order valence-electron chi connectivity index (χ4n) is 8.86. The Bertz CT molecular complexity index is 718. The van der Waals surface area contributed by atoms with Gasteiger partial charge in [-0.15, -0.1) is 0 Å². The summed E-state index contributed by atoms with van der Waals surface area (Å²) < 4.78 is 0. The van der Waals surface area contributed by atoms with Crippen LogP contribution in [0, 0.1) is 63.1 Å². The maximum Gasteiger partial charge on any atom is 0.155 e. The van der Waals surface area contributed by atoms with Crippen LogP contribution in [0.2, 0.25) is 0 Å². The first kappa shape index (κ1) is 19.2. The topological polar surface area (TPSA) is 57.9 Å². The molecule has 4 rings (SSSR count). The standard InChI is InChI=1S/C24H35NO2/c1-14(26)17-7-8-18-16-6-9-20-22(2,3)21(27)15(13-25)12-24(20,5)19(16)10-11-23(17,18)4/h15-20H,6-12H2,1-5H3/t15?,16-,17+,18-,19-,20?,23+,24+/m0/s1. The van der Waals surface area contributed by atoms with Crippen LogP contribution in [0.25, 0.3) is 0 Å². The van der Waals surface area contributed by atoms with Crippen molar-refractivity contribution in [3.05, 3.63) is 0 Å². The third-order valence-electron chi connectivity index (χ3n) is 9.98. The van der Waals surface area contributed by atoms with E-state index in [1.807, 2.05) is 0 Å². The lowest BCUT2D eigenvalue weighted by molar-refractivity contribution is -0.170. The monoisotopic (exact) mass is 369 g/mol. The molecule has 4 fully saturated rings. The molecule has 0 saturated heterocycles. The van der Waals surface area contributed by atoms with Crippen LogP contribution in [0.15, 0.2) is 0 Å². The highest BCUT2D eigenvalue weighted by molar-refractivity contribution is 5.89. The summed E-state index contributed by atoms with van der Waals surface area (Å²) in [7, 11) is 0. The van der Waals surface area contributed by atoms with E-state index in [4.69, 9.17) is 0 Å².